The standard InChI is InChI=1S/C19H16O7/c20-15-2-1-7-19(23)17(22)25-11-18(15,19)8-5-12-3-4-14(26-16(12)21)13-6-9-24-10-13/h1-4,6,9-10,23H,5,7-8,11H2/t18-,19-/m0/s1. The highest BCUT2D eigenvalue weighted by Crippen LogP contribution is 2.48. The molecule has 1 aliphatic carbocycles. The molecule has 3 heterocycles. The second-order valence-corrected chi connectivity index (χ2v) is 6.61. The van der Waals surface area contributed by atoms with Gasteiger partial charge >= 0.3 is 11.6 Å². The number of cyclic esters (lactones) is 1. The van der Waals surface area contributed by atoms with E-state index >= 15 is 0 Å². The highest BCUT2D eigenvalue weighted by atomic mass is 16.6. The first-order valence-corrected chi connectivity index (χ1v) is 8.22. The van der Waals surface area contributed by atoms with Crippen LogP contribution in [0.5, 0.6) is 0 Å². The SMILES string of the molecule is O=C1C=CC[C@]2(O)C(=O)OC[C@@]12CCc1ccc(-c2ccoc2)oc1=O. The molecular weight excluding hydrogens is 340 g/mol. The molecule has 0 amide bonds. The number of hydrogen-bond acceptors (Lipinski definition) is 7. The van der Waals surface area contributed by atoms with Gasteiger partial charge in [0.2, 0.25) is 0 Å². The Balaban J connectivity index is 1.61. The van der Waals surface area contributed by atoms with E-state index < -0.39 is 22.6 Å². The summed E-state index contributed by atoms with van der Waals surface area (Å²) in [5.74, 6) is -0.785. The molecule has 2 aromatic heterocycles. The number of carbonyl (C=O) groups is 2. The Morgan fingerprint density at radius 3 is 2.73 bits per heavy atom. The van der Waals surface area contributed by atoms with Crippen LogP contribution in [0.2, 0.25) is 0 Å². The van der Waals surface area contributed by atoms with Gasteiger partial charge in [-0.1, -0.05) is 6.08 Å². The van der Waals surface area contributed by atoms with Crippen LogP contribution in [-0.4, -0.2) is 29.1 Å². The van der Waals surface area contributed by atoms with Crippen LogP contribution in [0.3, 0.4) is 0 Å². The van der Waals surface area contributed by atoms with Crippen molar-refractivity contribution in [1.82, 2.24) is 0 Å². The van der Waals surface area contributed by atoms with Crippen molar-refractivity contribution in [2.45, 2.75) is 24.9 Å². The molecular formula is C19H16O7. The number of fused-ring (bicyclic) bond motifs is 1. The van der Waals surface area contributed by atoms with Crippen LogP contribution < -0.4 is 5.63 Å². The maximum absolute atomic E-state index is 12.5. The molecule has 7 heteroatoms. The number of aliphatic hydroxyl groups is 1. The molecule has 0 spiro atoms. The fourth-order valence-electron chi connectivity index (χ4n) is 3.61. The molecule has 2 aromatic rings. The van der Waals surface area contributed by atoms with Crippen molar-refractivity contribution in [1.29, 1.82) is 0 Å². The first-order chi connectivity index (χ1) is 12.5. The smallest absolute Gasteiger partial charge is 0.339 e. The molecule has 26 heavy (non-hydrogen) atoms. The minimum Gasteiger partial charge on any atom is -0.472 e. The van der Waals surface area contributed by atoms with Crippen LogP contribution in [0.25, 0.3) is 11.3 Å². The first kappa shape index (κ1) is 16.5. The van der Waals surface area contributed by atoms with E-state index in [1.54, 1.807) is 18.2 Å². The Bertz CT molecular complexity index is 953. The number of furan rings is 1. The van der Waals surface area contributed by atoms with E-state index in [2.05, 4.69) is 0 Å². The van der Waals surface area contributed by atoms with Gasteiger partial charge in [-0.2, -0.15) is 0 Å². The zero-order valence-electron chi connectivity index (χ0n) is 13.8. The van der Waals surface area contributed by atoms with Gasteiger partial charge in [0.1, 0.15) is 24.0 Å². The molecule has 1 fully saturated rings. The molecule has 2 atom stereocenters. The lowest BCUT2D eigenvalue weighted by atomic mass is 9.64. The van der Waals surface area contributed by atoms with Gasteiger partial charge < -0.3 is 18.7 Å². The maximum Gasteiger partial charge on any atom is 0.339 e. The number of aryl methyl sites for hydroxylation is 1. The maximum atomic E-state index is 12.5. The van der Waals surface area contributed by atoms with Crippen LogP contribution in [-0.2, 0) is 20.7 Å². The first-order valence-electron chi connectivity index (χ1n) is 8.22. The van der Waals surface area contributed by atoms with Crippen molar-refractivity contribution in [3.8, 4) is 11.3 Å². The molecule has 0 aromatic carbocycles. The number of ether oxygens (including phenoxy) is 1. The number of rotatable bonds is 4. The lowest BCUT2D eigenvalue weighted by Crippen LogP contribution is -2.55. The minimum atomic E-state index is -1.88. The van der Waals surface area contributed by atoms with Gasteiger partial charge in [-0.05, 0) is 37.1 Å². The number of esters is 1. The lowest BCUT2D eigenvalue weighted by Gasteiger charge is -2.37. The van der Waals surface area contributed by atoms with Crippen molar-refractivity contribution < 1.29 is 28.3 Å². The van der Waals surface area contributed by atoms with Crippen LogP contribution in [0.1, 0.15) is 18.4 Å². The fourth-order valence-corrected chi connectivity index (χ4v) is 3.61. The zero-order valence-corrected chi connectivity index (χ0v) is 13.8. The number of allylic oxidation sites excluding steroid dienone is 1. The van der Waals surface area contributed by atoms with Gasteiger partial charge in [0.05, 0.1) is 11.8 Å². The van der Waals surface area contributed by atoms with E-state index in [1.165, 1.54) is 24.7 Å². The third kappa shape index (κ3) is 2.28. The van der Waals surface area contributed by atoms with Gasteiger partial charge in [0.15, 0.2) is 11.4 Å². The highest BCUT2D eigenvalue weighted by Gasteiger charge is 2.65. The Morgan fingerprint density at radius 2 is 2.00 bits per heavy atom. The second kappa shape index (κ2) is 5.81. The van der Waals surface area contributed by atoms with Crippen molar-refractivity contribution in [2.24, 2.45) is 5.41 Å². The van der Waals surface area contributed by atoms with E-state index in [0.717, 1.165) is 0 Å². The molecule has 0 radical (unpaired) electrons. The van der Waals surface area contributed by atoms with Gasteiger partial charge in [-0.3, -0.25) is 4.79 Å². The topological polar surface area (TPSA) is 107 Å². The van der Waals surface area contributed by atoms with Crippen molar-refractivity contribution >= 4 is 11.8 Å². The van der Waals surface area contributed by atoms with Gasteiger partial charge in [-0.15, -0.1) is 0 Å². The van der Waals surface area contributed by atoms with Crippen LogP contribution >= 0.6 is 0 Å². The summed E-state index contributed by atoms with van der Waals surface area (Å²) in [6, 6.07) is 4.93. The van der Waals surface area contributed by atoms with Crippen molar-refractivity contribution in [3.05, 3.63) is 58.9 Å². The quantitative estimate of drug-likeness (QED) is 0.830. The molecule has 2 aliphatic rings. The molecule has 4 rings (SSSR count). The van der Waals surface area contributed by atoms with Crippen LogP contribution in [0.4, 0.5) is 0 Å². The molecule has 7 nitrogen and oxygen atoms in total. The average Bonchev–Trinajstić information content (AvgIpc) is 3.24. The average molecular weight is 356 g/mol. The molecule has 134 valence electrons. The normalized spacial score (nSPS) is 27.4. The molecule has 1 N–H and O–H groups in total. The molecule has 0 bridgehead atoms. The minimum absolute atomic E-state index is 0.0195. The Hall–Kier alpha value is -2.93. The summed E-state index contributed by atoms with van der Waals surface area (Å²) in [7, 11) is 0. The monoisotopic (exact) mass is 356 g/mol. The summed E-state index contributed by atoms with van der Waals surface area (Å²) < 4.78 is 15.3. The van der Waals surface area contributed by atoms with E-state index in [4.69, 9.17) is 13.6 Å². The third-order valence-electron chi connectivity index (χ3n) is 5.26. The fraction of sp³-hybridized carbons (Fsp3) is 0.316. The van der Waals surface area contributed by atoms with E-state index in [1.807, 2.05) is 0 Å². The summed E-state index contributed by atoms with van der Waals surface area (Å²) in [4.78, 5) is 36.7. The van der Waals surface area contributed by atoms with E-state index in [9.17, 15) is 19.5 Å². The molecule has 0 unspecified atom stereocenters. The van der Waals surface area contributed by atoms with Gasteiger partial charge in [0.25, 0.3) is 0 Å². The predicted molar refractivity (Wildman–Crippen MR) is 88.1 cm³/mol. The van der Waals surface area contributed by atoms with Gasteiger partial charge in [-0.25, -0.2) is 9.59 Å². The van der Waals surface area contributed by atoms with Crippen molar-refractivity contribution in [2.75, 3.05) is 6.61 Å². The Kier molecular flexibility index (Phi) is 3.69. The number of carbonyl (C=O) groups excluding carboxylic acids is 2. The summed E-state index contributed by atoms with van der Waals surface area (Å²) in [5.41, 5.74) is -2.78. The largest absolute Gasteiger partial charge is 0.472 e. The summed E-state index contributed by atoms with van der Waals surface area (Å²) in [5, 5.41) is 10.8. The number of ketones is 1. The zero-order chi connectivity index (χ0) is 18.4. The third-order valence-corrected chi connectivity index (χ3v) is 5.26. The summed E-state index contributed by atoms with van der Waals surface area (Å²) in [6.45, 7) is -0.191. The van der Waals surface area contributed by atoms with Gasteiger partial charge in [0, 0.05) is 12.0 Å². The Morgan fingerprint density at radius 1 is 1.15 bits per heavy atom. The lowest BCUT2D eigenvalue weighted by molar-refractivity contribution is -0.160. The Labute approximate surface area is 147 Å². The molecule has 1 saturated heterocycles. The predicted octanol–water partition coefficient (Wildman–Crippen LogP) is 1.64. The van der Waals surface area contributed by atoms with Crippen molar-refractivity contribution in [3.63, 3.8) is 0 Å². The second-order valence-electron chi connectivity index (χ2n) is 6.61. The summed E-state index contributed by atoms with van der Waals surface area (Å²) >= 11 is 0. The van der Waals surface area contributed by atoms with E-state index in [-0.39, 0.29) is 31.7 Å². The molecule has 0 saturated carbocycles. The van der Waals surface area contributed by atoms with Crippen LogP contribution in [0, 0.1) is 5.41 Å². The summed E-state index contributed by atoms with van der Waals surface area (Å²) in [6.07, 6.45) is 6.07. The highest BCUT2D eigenvalue weighted by molar-refractivity contribution is 6.04. The molecule has 1 aliphatic heterocycles. The van der Waals surface area contributed by atoms with Crippen LogP contribution in [0.15, 0.2) is 56.5 Å². The van der Waals surface area contributed by atoms with E-state index in [0.29, 0.717) is 16.9 Å². The number of hydrogen-bond donors (Lipinski definition) is 1.